The second kappa shape index (κ2) is 6.12. The van der Waals surface area contributed by atoms with Crippen molar-refractivity contribution in [3.05, 3.63) is 42.2 Å². The number of aryl methyl sites for hydroxylation is 1. The van der Waals surface area contributed by atoms with Gasteiger partial charge < -0.3 is 9.64 Å². The molecule has 0 unspecified atom stereocenters. The van der Waals surface area contributed by atoms with E-state index in [-0.39, 0.29) is 0 Å². The van der Waals surface area contributed by atoms with Crippen LogP contribution in [-0.2, 0) is 0 Å². The first-order valence-electron chi connectivity index (χ1n) is 7.52. The van der Waals surface area contributed by atoms with Gasteiger partial charge in [0.1, 0.15) is 17.9 Å². The monoisotopic (exact) mass is 283 g/mol. The summed E-state index contributed by atoms with van der Waals surface area (Å²) < 4.78 is 5.81. The number of aromatic nitrogens is 2. The summed E-state index contributed by atoms with van der Waals surface area (Å²) in [6, 6.07) is 9.90. The summed E-state index contributed by atoms with van der Waals surface area (Å²) in [7, 11) is 0. The van der Waals surface area contributed by atoms with Crippen molar-refractivity contribution in [2.75, 3.05) is 18.0 Å². The molecule has 0 saturated carbocycles. The van der Waals surface area contributed by atoms with E-state index in [1.54, 1.807) is 6.33 Å². The van der Waals surface area contributed by atoms with Crippen LogP contribution in [0, 0.1) is 12.8 Å². The molecule has 21 heavy (non-hydrogen) atoms. The molecule has 0 amide bonds. The van der Waals surface area contributed by atoms with Gasteiger partial charge in [0.2, 0.25) is 5.88 Å². The first-order chi connectivity index (χ1) is 10.2. The van der Waals surface area contributed by atoms with Gasteiger partial charge in [0.15, 0.2) is 0 Å². The zero-order valence-electron chi connectivity index (χ0n) is 12.6. The summed E-state index contributed by atoms with van der Waals surface area (Å²) in [5.41, 5.74) is 1.22. The molecule has 0 spiro atoms. The van der Waals surface area contributed by atoms with Gasteiger partial charge in [-0.2, -0.15) is 0 Å². The molecule has 110 valence electrons. The lowest BCUT2D eigenvalue weighted by Gasteiger charge is -2.31. The van der Waals surface area contributed by atoms with Crippen LogP contribution in [0.3, 0.4) is 0 Å². The molecular weight excluding hydrogens is 262 g/mol. The number of piperidine rings is 1. The summed E-state index contributed by atoms with van der Waals surface area (Å²) in [6.45, 7) is 6.48. The third-order valence-corrected chi connectivity index (χ3v) is 3.98. The van der Waals surface area contributed by atoms with E-state index in [4.69, 9.17) is 4.74 Å². The topological polar surface area (TPSA) is 38.2 Å². The lowest BCUT2D eigenvalue weighted by molar-refractivity contribution is 0.433. The molecule has 2 aromatic rings. The zero-order valence-corrected chi connectivity index (χ0v) is 12.6. The molecule has 1 aromatic carbocycles. The van der Waals surface area contributed by atoms with Crippen LogP contribution < -0.4 is 9.64 Å². The van der Waals surface area contributed by atoms with Crippen molar-refractivity contribution < 1.29 is 4.74 Å². The molecule has 0 atom stereocenters. The van der Waals surface area contributed by atoms with Gasteiger partial charge in [0.05, 0.1) is 0 Å². The highest BCUT2D eigenvalue weighted by molar-refractivity contribution is 5.42. The Bertz CT molecular complexity index is 589. The Morgan fingerprint density at radius 1 is 1.10 bits per heavy atom. The first-order valence-corrected chi connectivity index (χ1v) is 7.52. The Labute approximate surface area is 125 Å². The Morgan fingerprint density at radius 2 is 1.81 bits per heavy atom. The zero-order chi connectivity index (χ0) is 14.7. The van der Waals surface area contributed by atoms with E-state index in [9.17, 15) is 0 Å². The van der Waals surface area contributed by atoms with Crippen molar-refractivity contribution in [1.29, 1.82) is 0 Å². The van der Waals surface area contributed by atoms with Gasteiger partial charge in [0, 0.05) is 19.2 Å². The SMILES string of the molecule is Cc1ccc(Oc2cc(N3CCC(C)CC3)ncn2)cc1. The van der Waals surface area contributed by atoms with Crippen LogP contribution in [0.25, 0.3) is 0 Å². The molecule has 0 radical (unpaired) electrons. The maximum Gasteiger partial charge on any atom is 0.224 e. The van der Waals surface area contributed by atoms with Gasteiger partial charge >= 0.3 is 0 Å². The number of hydrogen-bond acceptors (Lipinski definition) is 4. The maximum absolute atomic E-state index is 5.81. The number of ether oxygens (including phenoxy) is 1. The molecule has 2 heterocycles. The first kappa shape index (κ1) is 13.9. The van der Waals surface area contributed by atoms with E-state index >= 15 is 0 Å². The average molecular weight is 283 g/mol. The van der Waals surface area contributed by atoms with Crippen LogP contribution in [0.4, 0.5) is 5.82 Å². The fourth-order valence-corrected chi connectivity index (χ4v) is 2.52. The third-order valence-electron chi connectivity index (χ3n) is 3.98. The second-order valence-electron chi connectivity index (χ2n) is 5.80. The van der Waals surface area contributed by atoms with Gasteiger partial charge in [0.25, 0.3) is 0 Å². The van der Waals surface area contributed by atoms with Crippen molar-refractivity contribution in [2.24, 2.45) is 5.92 Å². The van der Waals surface area contributed by atoms with Crippen LogP contribution in [-0.4, -0.2) is 23.1 Å². The number of anilines is 1. The molecular formula is C17H21N3O. The molecule has 0 aliphatic carbocycles. The van der Waals surface area contributed by atoms with E-state index < -0.39 is 0 Å². The van der Waals surface area contributed by atoms with Gasteiger partial charge in [-0.3, -0.25) is 0 Å². The Morgan fingerprint density at radius 3 is 2.52 bits per heavy atom. The average Bonchev–Trinajstić information content (AvgIpc) is 2.51. The molecule has 0 N–H and O–H groups in total. The summed E-state index contributed by atoms with van der Waals surface area (Å²) >= 11 is 0. The van der Waals surface area contributed by atoms with E-state index in [1.807, 2.05) is 30.3 Å². The van der Waals surface area contributed by atoms with Crippen molar-refractivity contribution in [2.45, 2.75) is 26.7 Å². The second-order valence-corrected chi connectivity index (χ2v) is 5.80. The van der Waals surface area contributed by atoms with Gasteiger partial charge in [-0.15, -0.1) is 0 Å². The highest BCUT2D eigenvalue weighted by atomic mass is 16.5. The predicted molar refractivity (Wildman–Crippen MR) is 83.9 cm³/mol. The van der Waals surface area contributed by atoms with E-state index in [0.29, 0.717) is 5.88 Å². The molecule has 1 fully saturated rings. The highest BCUT2D eigenvalue weighted by Crippen LogP contribution is 2.25. The molecule has 1 aliphatic rings. The Kier molecular flexibility index (Phi) is 4.04. The van der Waals surface area contributed by atoms with Crippen molar-refractivity contribution in [1.82, 2.24) is 9.97 Å². The highest BCUT2D eigenvalue weighted by Gasteiger charge is 2.17. The maximum atomic E-state index is 5.81. The molecule has 1 aromatic heterocycles. The number of rotatable bonds is 3. The number of hydrogen-bond donors (Lipinski definition) is 0. The van der Waals surface area contributed by atoms with Gasteiger partial charge in [-0.1, -0.05) is 24.6 Å². The standard InChI is InChI=1S/C17H21N3O/c1-13-3-5-15(6-4-13)21-17-11-16(18-12-19-17)20-9-7-14(2)8-10-20/h3-6,11-12,14H,7-10H2,1-2H3. The molecule has 3 rings (SSSR count). The van der Waals surface area contributed by atoms with Crippen LogP contribution in [0.5, 0.6) is 11.6 Å². The molecule has 1 aliphatic heterocycles. The molecule has 4 nitrogen and oxygen atoms in total. The normalized spacial score (nSPS) is 16.0. The van der Waals surface area contributed by atoms with Crippen molar-refractivity contribution in [3.63, 3.8) is 0 Å². The van der Waals surface area contributed by atoms with Crippen molar-refractivity contribution in [3.8, 4) is 11.6 Å². The van der Waals surface area contributed by atoms with Crippen LogP contribution in [0.15, 0.2) is 36.7 Å². The van der Waals surface area contributed by atoms with E-state index in [0.717, 1.165) is 30.6 Å². The van der Waals surface area contributed by atoms with Crippen LogP contribution in [0.1, 0.15) is 25.3 Å². The Balaban J connectivity index is 1.72. The number of nitrogens with zero attached hydrogens (tertiary/aromatic N) is 3. The van der Waals surface area contributed by atoms with Gasteiger partial charge in [-0.25, -0.2) is 9.97 Å². The quantitative estimate of drug-likeness (QED) is 0.858. The minimum atomic E-state index is 0.600. The third kappa shape index (κ3) is 3.51. The lowest BCUT2D eigenvalue weighted by Crippen LogP contribution is -2.33. The van der Waals surface area contributed by atoms with Crippen LogP contribution >= 0.6 is 0 Å². The number of benzene rings is 1. The van der Waals surface area contributed by atoms with E-state index in [1.165, 1.54) is 18.4 Å². The Hall–Kier alpha value is -2.10. The van der Waals surface area contributed by atoms with Crippen LogP contribution in [0.2, 0.25) is 0 Å². The molecule has 1 saturated heterocycles. The van der Waals surface area contributed by atoms with E-state index in [2.05, 4.69) is 28.7 Å². The molecule has 4 heteroatoms. The lowest BCUT2D eigenvalue weighted by atomic mass is 9.99. The fraction of sp³-hybridized carbons (Fsp3) is 0.412. The smallest absolute Gasteiger partial charge is 0.224 e. The molecule has 0 bridgehead atoms. The minimum absolute atomic E-state index is 0.600. The van der Waals surface area contributed by atoms with Crippen molar-refractivity contribution >= 4 is 5.82 Å². The fourth-order valence-electron chi connectivity index (χ4n) is 2.52. The van der Waals surface area contributed by atoms with Gasteiger partial charge in [-0.05, 0) is 37.8 Å². The largest absolute Gasteiger partial charge is 0.439 e. The summed E-state index contributed by atoms with van der Waals surface area (Å²) in [4.78, 5) is 10.9. The predicted octanol–water partition coefficient (Wildman–Crippen LogP) is 3.81. The summed E-state index contributed by atoms with van der Waals surface area (Å²) in [5.74, 6) is 3.17. The minimum Gasteiger partial charge on any atom is -0.439 e. The summed E-state index contributed by atoms with van der Waals surface area (Å²) in [6.07, 6.45) is 4.02. The summed E-state index contributed by atoms with van der Waals surface area (Å²) in [5, 5.41) is 0.